The van der Waals surface area contributed by atoms with Gasteiger partial charge < -0.3 is 10.6 Å². The summed E-state index contributed by atoms with van der Waals surface area (Å²) in [6, 6.07) is 0.794. The number of rotatable bonds is 4. The van der Waals surface area contributed by atoms with E-state index >= 15 is 0 Å². The summed E-state index contributed by atoms with van der Waals surface area (Å²) >= 11 is 0. The summed E-state index contributed by atoms with van der Waals surface area (Å²) in [4.78, 5) is 2.45. The molecule has 0 radical (unpaired) electrons. The molecule has 102 valence electrons. The third-order valence-corrected chi connectivity index (χ3v) is 4.09. The zero-order valence-electron chi connectivity index (χ0n) is 11.7. The highest BCUT2D eigenvalue weighted by atomic mass is 15.2. The maximum absolute atomic E-state index is 6.26. The highest BCUT2D eigenvalue weighted by molar-refractivity contribution is 5.10. The van der Waals surface area contributed by atoms with Crippen LogP contribution in [0.2, 0.25) is 0 Å². The van der Waals surface area contributed by atoms with E-state index in [4.69, 9.17) is 5.73 Å². The van der Waals surface area contributed by atoms with Crippen LogP contribution in [0.3, 0.4) is 0 Å². The van der Waals surface area contributed by atoms with Crippen LogP contribution < -0.4 is 5.73 Å². The molecule has 0 aliphatic heterocycles. The molecule has 0 spiro atoms. The van der Waals surface area contributed by atoms with Crippen molar-refractivity contribution in [1.29, 1.82) is 0 Å². The van der Waals surface area contributed by atoms with E-state index in [0.717, 1.165) is 18.2 Å². The van der Waals surface area contributed by atoms with E-state index in [1.807, 2.05) is 24.1 Å². The van der Waals surface area contributed by atoms with E-state index < -0.39 is 0 Å². The molecule has 1 heterocycles. The lowest BCUT2D eigenvalue weighted by atomic mass is 10.1. The maximum atomic E-state index is 6.26. The van der Waals surface area contributed by atoms with E-state index in [0.29, 0.717) is 0 Å². The Labute approximate surface area is 110 Å². The fourth-order valence-corrected chi connectivity index (χ4v) is 2.89. The fraction of sp³-hybridized carbons (Fsp3) is 0.786. The van der Waals surface area contributed by atoms with Gasteiger partial charge in [0.1, 0.15) is 0 Å². The molecule has 1 fully saturated rings. The molecule has 1 unspecified atom stereocenters. The molecule has 1 aliphatic rings. The average molecular weight is 250 g/mol. The summed E-state index contributed by atoms with van der Waals surface area (Å²) < 4.78 is 1.82. The zero-order chi connectivity index (χ0) is 13.0. The van der Waals surface area contributed by atoms with Gasteiger partial charge in [-0.25, -0.2) is 0 Å². The van der Waals surface area contributed by atoms with E-state index in [2.05, 4.69) is 17.0 Å². The van der Waals surface area contributed by atoms with Crippen molar-refractivity contribution in [2.75, 3.05) is 13.6 Å². The molecule has 0 amide bonds. The van der Waals surface area contributed by atoms with Crippen LogP contribution in [0.15, 0.2) is 12.4 Å². The van der Waals surface area contributed by atoms with Crippen molar-refractivity contribution in [2.24, 2.45) is 12.8 Å². The van der Waals surface area contributed by atoms with Crippen LogP contribution in [0.25, 0.3) is 0 Å². The highest BCUT2D eigenvalue weighted by Crippen LogP contribution is 2.22. The number of hydrogen-bond donors (Lipinski definition) is 1. The van der Waals surface area contributed by atoms with Crippen molar-refractivity contribution >= 4 is 0 Å². The number of nitrogens with zero attached hydrogens (tertiary/aromatic N) is 3. The van der Waals surface area contributed by atoms with Crippen LogP contribution in [-0.2, 0) is 7.05 Å². The van der Waals surface area contributed by atoms with E-state index in [9.17, 15) is 0 Å². The minimum Gasteiger partial charge on any atom is -0.323 e. The van der Waals surface area contributed by atoms with E-state index in [-0.39, 0.29) is 6.04 Å². The van der Waals surface area contributed by atoms with Gasteiger partial charge >= 0.3 is 0 Å². The Balaban J connectivity index is 1.87. The summed E-state index contributed by atoms with van der Waals surface area (Å²) in [6.07, 6.45) is 12.1. The van der Waals surface area contributed by atoms with Gasteiger partial charge in [-0.05, 0) is 19.9 Å². The van der Waals surface area contributed by atoms with Gasteiger partial charge in [0.25, 0.3) is 0 Å². The number of nitrogens with two attached hydrogens (primary N) is 1. The Bertz CT molecular complexity index is 352. The molecule has 1 aliphatic carbocycles. The molecule has 1 aromatic heterocycles. The van der Waals surface area contributed by atoms with Crippen molar-refractivity contribution in [2.45, 2.75) is 50.6 Å². The molecule has 18 heavy (non-hydrogen) atoms. The summed E-state index contributed by atoms with van der Waals surface area (Å²) in [5, 5.41) is 4.19. The van der Waals surface area contributed by atoms with Gasteiger partial charge in [-0.3, -0.25) is 4.68 Å². The van der Waals surface area contributed by atoms with Crippen LogP contribution in [0.5, 0.6) is 0 Å². The average Bonchev–Trinajstić information content (AvgIpc) is 2.63. The second-order valence-corrected chi connectivity index (χ2v) is 5.64. The van der Waals surface area contributed by atoms with Gasteiger partial charge in [-0.2, -0.15) is 5.10 Å². The number of hydrogen-bond acceptors (Lipinski definition) is 3. The van der Waals surface area contributed by atoms with Crippen LogP contribution in [-0.4, -0.2) is 34.3 Å². The first-order chi connectivity index (χ1) is 8.66. The van der Waals surface area contributed by atoms with Crippen LogP contribution >= 0.6 is 0 Å². The quantitative estimate of drug-likeness (QED) is 0.832. The van der Waals surface area contributed by atoms with Crippen molar-refractivity contribution in [3.05, 3.63) is 18.0 Å². The second-order valence-electron chi connectivity index (χ2n) is 5.64. The monoisotopic (exact) mass is 250 g/mol. The Morgan fingerprint density at radius 1 is 1.39 bits per heavy atom. The summed E-state index contributed by atoms with van der Waals surface area (Å²) in [5.74, 6) is 0. The molecule has 2 N–H and O–H groups in total. The predicted octanol–water partition coefficient (Wildman–Crippen LogP) is 2.07. The predicted molar refractivity (Wildman–Crippen MR) is 74.3 cm³/mol. The van der Waals surface area contributed by atoms with Crippen molar-refractivity contribution in [3.8, 4) is 0 Å². The van der Waals surface area contributed by atoms with Gasteiger partial charge in [0.2, 0.25) is 0 Å². The number of aromatic nitrogens is 2. The Morgan fingerprint density at radius 2 is 2.06 bits per heavy atom. The van der Waals surface area contributed by atoms with Gasteiger partial charge in [-0.1, -0.05) is 25.7 Å². The lowest BCUT2D eigenvalue weighted by Crippen LogP contribution is -2.36. The smallest absolute Gasteiger partial charge is 0.0537 e. The minimum absolute atomic E-state index is 0.0759. The van der Waals surface area contributed by atoms with Gasteiger partial charge in [0, 0.05) is 37.4 Å². The van der Waals surface area contributed by atoms with Crippen molar-refractivity contribution < 1.29 is 0 Å². The first-order valence-corrected chi connectivity index (χ1v) is 7.11. The molecular weight excluding hydrogens is 224 g/mol. The summed E-state index contributed by atoms with van der Waals surface area (Å²) in [5.41, 5.74) is 7.40. The lowest BCUT2D eigenvalue weighted by Gasteiger charge is -2.29. The Kier molecular flexibility index (Phi) is 4.78. The maximum Gasteiger partial charge on any atom is 0.0537 e. The van der Waals surface area contributed by atoms with E-state index in [1.165, 1.54) is 38.5 Å². The largest absolute Gasteiger partial charge is 0.323 e. The summed E-state index contributed by atoms with van der Waals surface area (Å²) in [7, 11) is 4.15. The molecule has 0 aromatic carbocycles. The number of likely N-dealkylation sites (N-methyl/N-ethyl adjacent to an activating group) is 1. The van der Waals surface area contributed by atoms with Crippen molar-refractivity contribution in [3.63, 3.8) is 0 Å². The molecule has 4 nitrogen and oxygen atoms in total. The molecule has 1 saturated carbocycles. The molecule has 4 heteroatoms. The molecular formula is C14H26N4. The second kappa shape index (κ2) is 6.34. The van der Waals surface area contributed by atoms with Gasteiger partial charge in [0.05, 0.1) is 6.20 Å². The Morgan fingerprint density at radius 3 is 2.61 bits per heavy atom. The molecule has 1 atom stereocenters. The van der Waals surface area contributed by atoms with Gasteiger partial charge in [-0.15, -0.1) is 0 Å². The topological polar surface area (TPSA) is 47.1 Å². The van der Waals surface area contributed by atoms with Crippen LogP contribution in [0, 0.1) is 0 Å². The molecule has 0 bridgehead atoms. The minimum atomic E-state index is 0.0759. The fourth-order valence-electron chi connectivity index (χ4n) is 2.89. The molecule has 2 rings (SSSR count). The van der Waals surface area contributed by atoms with E-state index in [1.54, 1.807) is 0 Å². The zero-order valence-corrected chi connectivity index (χ0v) is 11.7. The van der Waals surface area contributed by atoms with Crippen LogP contribution in [0.4, 0.5) is 0 Å². The molecule has 0 saturated heterocycles. The third kappa shape index (κ3) is 3.56. The highest BCUT2D eigenvalue weighted by Gasteiger charge is 2.19. The lowest BCUT2D eigenvalue weighted by molar-refractivity contribution is 0.209. The third-order valence-electron chi connectivity index (χ3n) is 4.09. The first-order valence-electron chi connectivity index (χ1n) is 7.11. The standard InChI is InChI=1S/C14H26N4/c1-17(13-7-5-3-4-6-8-13)11-14(15)12-9-16-18(2)10-12/h9-10,13-14H,3-8,11,15H2,1-2H3. The van der Waals surface area contributed by atoms with Crippen LogP contribution in [0.1, 0.15) is 50.1 Å². The SMILES string of the molecule is CN(CC(N)c1cnn(C)c1)C1CCCCCC1. The van der Waals surface area contributed by atoms with Gasteiger partial charge in [0.15, 0.2) is 0 Å². The first kappa shape index (κ1) is 13.6. The van der Waals surface area contributed by atoms with Crippen molar-refractivity contribution in [1.82, 2.24) is 14.7 Å². The molecule has 1 aromatic rings. The Hall–Kier alpha value is -0.870. The normalized spacial score (nSPS) is 20.0. The summed E-state index contributed by atoms with van der Waals surface area (Å²) in [6.45, 7) is 0.927. The number of aryl methyl sites for hydroxylation is 1.